The number of carbonyl (C=O) groups excluding carboxylic acids is 3. The van der Waals surface area contributed by atoms with Crippen molar-refractivity contribution in [3.05, 3.63) is 0 Å². The van der Waals surface area contributed by atoms with E-state index in [0.717, 1.165) is 75.5 Å². The van der Waals surface area contributed by atoms with Crippen LogP contribution >= 0.6 is 0 Å². The van der Waals surface area contributed by atoms with Gasteiger partial charge in [-0.15, -0.1) is 0 Å². The molecule has 0 aromatic carbocycles. The molecule has 0 radical (unpaired) electrons. The third-order valence-electron chi connectivity index (χ3n) is 10.1. The lowest BCUT2D eigenvalue weighted by Crippen LogP contribution is -2.30. The first-order valence-electron chi connectivity index (χ1n) is 22.6. The van der Waals surface area contributed by atoms with Gasteiger partial charge in [0.25, 0.3) is 0 Å². The number of ether oxygens (including phenoxy) is 3. The fraction of sp³-hybridized carbons (Fsp3) is 0.935. The number of rotatable bonds is 39. The molecule has 0 fully saturated rings. The lowest BCUT2D eigenvalue weighted by molar-refractivity contribution is -0.167. The van der Waals surface area contributed by atoms with Crippen LogP contribution < -0.4 is 0 Å². The maximum atomic E-state index is 12.7. The summed E-state index contributed by atoms with van der Waals surface area (Å²) in [4.78, 5) is 37.7. The fourth-order valence-electron chi connectivity index (χ4n) is 6.70. The van der Waals surface area contributed by atoms with Gasteiger partial charge in [-0.2, -0.15) is 0 Å². The number of hydrogen-bond acceptors (Lipinski definition) is 6. The van der Waals surface area contributed by atoms with Crippen LogP contribution in [0.4, 0.5) is 0 Å². The van der Waals surface area contributed by atoms with Crippen molar-refractivity contribution < 1.29 is 28.6 Å². The van der Waals surface area contributed by atoms with Gasteiger partial charge < -0.3 is 14.2 Å². The van der Waals surface area contributed by atoms with Crippen LogP contribution in [0.5, 0.6) is 0 Å². The zero-order valence-corrected chi connectivity index (χ0v) is 35.6. The first-order valence-corrected chi connectivity index (χ1v) is 22.6. The van der Waals surface area contributed by atoms with E-state index in [1.54, 1.807) is 0 Å². The third kappa shape index (κ3) is 39.6. The molecule has 0 saturated heterocycles. The van der Waals surface area contributed by atoms with Gasteiger partial charge in [0.2, 0.25) is 0 Å². The van der Waals surface area contributed by atoms with E-state index in [0.29, 0.717) is 19.3 Å². The molecule has 0 aliphatic heterocycles. The van der Waals surface area contributed by atoms with Gasteiger partial charge in [0.1, 0.15) is 13.2 Å². The lowest BCUT2D eigenvalue weighted by atomic mass is 10.0. The van der Waals surface area contributed by atoms with E-state index < -0.39 is 6.10 Å². The number of unbranched alkanes of at least 4 members (excludes halogenated alkanes) is 22. The molecule has 52 heavy (non-hydrogen) atoms. The standard InChI is InChI=1S/C46H88O6/c1-40(2)32-26-20-14-9-7-8-10-17-23-29-35-44(47)50-38-43(39-51-45(48)36-30-24-19-13-16-22-28-34-42(5)6)52-46(49)37-31-25-18-12-11-15-21-27-33-41(3)4/h40-43H,7-39H2,1-6H3/t43-/m0/s1. The Hall–Kier alpha value is -1.59. The predicted octanol–water partition coefficient (Wildman–Crippen LogP) is 14.0. The van der Waals surface area contributed by atoms with Crippen LogP contribution in [-0.4, -0.2) is 37.2 Å². The summed E-state index contributed by atoms with van der Waals surface area (Å²) >= 11 is 0. The number of carbonyl (C=O) groups is 3. The highest BCUT2D eigenvalue weighted by atomic mass is 16.6. The molecule has 0 aromatic heterocycles. The second-order valence-electron chi connectivity index (χ2n) is 17.1. The molecule has 0 unspecified atom stereocenters. The third-order valence-corrected chi connectivity index (χ3v) is 10.1. The van der Waals surface area contributed by atoms with Crippen LogP contribution in [0.15, 0.2) is 0 Å². The zero-order valence-electron chi connectivity index (χ0n) is 35.6. The van der Waals surface area contributed by atoms with Gasteiger partial charge in [-0.3, -0.25) is 14.4 Å². The van der Waals surface area contributed by atoms with E-state index in [1.807, 2.05) is 0 Å². The highest BCUT2D eigenvalue weighted by molar-refractivity contribution is 5.71. The van der Waals surface area contributed by atoms with E-state index in [2.05, 4.69) is 41.5 Å². The molecule has 1 atom stereocenters. The van der Waals surface area contributed by atoms with Crippen LogP contribution in [0, 0.1) is 17.8 Å². The molecule has 0 N–H and O–H groups in total. The predicted molar refractivity (Wildman–Crippen MR) is 219 cm³/mol. The second kappa shape index (κ2) is 37.7. The van der Waals surface area contributed by atoms with E-state index in [9.17, 15) is 14.4 Å². The molecule has 0 aliphatic rings. The van der Waals surface area contributed by atoms with Gasteiger partial charge in [0.05, 0.1) is 0 Å². The summed E-state index contributed by atoms with van der Waals surface area (Å²) in [5.74, 6) is 1.53. The summed E-state index contributed by atoms with van der Waals surface area (Å²) in [6.07, 6.45) is 33.9. The van der Waals surface area contributed by atoms with Crippen LogP contribution in [-0.2, 0) is 28.6 Å². The summed E-state index contributed by atoms with van der Waals surface area (Å²) in [5, 5.41) is 0. The molecular formula is C46H88O6. The minimum absolute atomic E-state index is 0.0668. The molecule has 0 heterocycles. The molecule has 0 bridgehead atoms. The molecule has 0 aliphatic carbocycles. The lowest BCUT2D eigenvalue weighted by Gasteiger charge is -2.18. The number of hydrogen-bond donors (Lipinski definition) is 0. The maximum Gasteiger partial charge on any atom is 0.306 e. The summed E-state index contributed by atoms with van der Waals surface area (Å²) in [6, 6.07) is 0. The molecular weight excluding hydrogens is 648 g/mol. The van der Waals surface area contributed by atoms with Gasteiger partial charge in [-0.1, -0.05) is 202 Å². The smallest absolute Gasteiger partial charge is 0.306 e. The van der Waals surface area contributed by atoms with Crippen molar-refractivity contribution in [2.24, 2.45) is 17.8 Å². The molecule has 0 rings (SSSR count). The first kappa shape index (κ1) is 50.4. The minimum atomic E-state index is -0.762. The molecule has 0 saturated carbocycles. The molecule has 308 valence electrons. The Kier molecular flexibility index (Phi) is 36.6. The average Bonchev–Trinajstić information content (AvgIpc) is 3.09. The summed E-state index contributed by atoms with van der Waals surface area (Å²) in [5.41, 5.74) is 0. The monoisotopic (exact) mass is 737 g/mol. The van der Waals surface area contributed by atoms with Crippen LogP contribution in [0.1, 0.15) is 241 Å². The zero-order chi connectivity index (χ0) is 38.5. The minimum Gasteiger partial charge on any atom is -0.462 e. The normalized spacial score (nSPS) is 12.2. The Morgan fingerprint density at radius 2 is 0.558 bits per heavy atom. The first-order chi connectivity index (χ1) is 25.1. The van der Waals surface area contributed by atoms with Crippen molar-refractivity contribution >= 4 is 17.9 Å². The van der Waals surface area contributed by atoms with E-state index >= 15 is 0 Å². The van der Waals surface area contributed by atoms with Crippen molar-refractivity contribution in [3.8, 4) is 0 Å². The SMILES string of the molecule is CC(C)CCCCCCCCCCCCC(=O)OC[C@@H](COC(=O)CCCCCCCCCC(C)C)OC(=O)CCCCCCCCCCC(C)C. The summed E-state index contributed by atoms with van der Waals surface area (Å²) < 4.78 is 16.7. The van der Waals surface area contributed by atoms with E-state index in [4.69, 9.17) is 14.2 Å². The van der Waals surface area contributed by atoms with Crippen LogP contribution in [0.25, 0.3) is 0 Å². The molecule has 0 aromatic rings. The maximum absolute atomic E-state index is 12.7. The second-order valence-corrected chi connectivity index (χ2v) is 17.1. The van der Waals surface area contributed by atoms with Gasteiger partial charge >= 0.3 is 17.9 Å². The van der Waals surface area contributed by atoms with Crippen molar-refractivity contribution in [2.75, 3.05) is 13.2 Å². The Balaban J connectivity index is 4.34. The van der Waals surface area contributed by atoms with E-state index in [1.165, 1.54) is 122 Å². The van der Waals surface area contributed by atoms with Crippen molar-refractivity contribution in [2.45, 2.75) is 247 Å². The van der Waals surface area contributed by atoms with Crippen molar-refractivity contribution in [1.82, 2.24) is 0 Å². The summed E-state index contributed by atoms with van der Waals surface area (Å²) in [6.45, 7) is 13.6. The molecule has 0 spiro atoms. The van der Waals surface area contributed by atoms with Crippen molar-refractivity contribution in [3.63, 3.8) is 0 Å². The van der Waals surface area contributed by atoms with Gasteiger partial charge in [0.15, 0.2) is 6.10 Å². The largest absolute Gasteiger partial charge is 0.462 e. The summed E-state index contributed by atoms with van der Waals surface area (Å²) in [7, 11) is 0. The van der Waals surface area contributed by atoms with E-state index in [-0.39, 0.29) is 31.1 Å². The Morgan fingerprint density at radius 1 is 0.327 bits per heavy atom. The van der Waals surface area contributed by atoms with Gasteiger partial charge in [-0.05, 0) is 37.0 Å². The van der Waals surface area contributed by atoms with Crippen LogP contribution in [0.3, 0.4) is 0 Å². The highest BCUT2D eigenvalue weighted by Gasteiger charge is 2.19. The van der Waals surface area contributed by atoms with Gasteiger partial charge in [0, 0.05) is 19.3 Å². The Labute approximate surface area is 323 Å². The number of esters is 3. The van der Waals surface area contributed by atoms with Gasteiger partial charge in [-0.25, -0.2) is 0 Å². The van der Waals surface area contributed by atoms with Crippen molar-refractivity contribution in [1.29, 1.82) is 0 Å². The molecule has 6 heteroatoms. The molecule has 6 nitrogen and oxygen atoms in total. The topological polar surface area (TPSA) is 78.9 Å². The Morgan fingerprint density at radius 3 is 0.827 bits per heavy atom. The fourth-order valence-corrected chi connectivity index (χ4v) is 6.70. The average molecular weight is 737 g/mol. The Bertz CT molecular complexity index is 807. The quantitative estimate of drug-likeness (QED) is 0.0355. The molecule has 0 amide bonds. The highest BCUT2D eigenvalue weighted by Crippen LogP contribution is 2.16. The van der Waals surface area contributed by atoms with Crippen LogP contribution in [0.2, 0.25) is 0 Å².